The van der Waals surface area contributed by atoms with E-state index >= 15 is 0 Å². The van der Waals surface area contributed by atoms with Crippen LogP contribution in [0, 0.1) is 0 Å². The van der Waals surface area contributed by atoms with E-state index in [9.17, 15) is 14.4 Å². The Hall–Kier alpha value is -3.85. The number of methoxy groups -OCH3 is 2. The number of esters is 2. The van der Waals surface area contributed by atoms with Gasteiger partial charge >= 0.3 is 18.0 Å². The molecule has 2 amide bonds. The molecule has 9 nitrogen and oxygen atoms in total. The smallest absolute Gasteiger partial charge is 0.338 e. The number of hydrogen-bond donors (Lipinski definition) is 1. The molecule has 1 heterocycles. The minimum Gasteiger partial charge on any atom is -0.489 e. The molecular formula is C26H30N2O7. The molecule has 35 heavy (non-hydrogen) atoms. The van der Waals surface area contributed by atoms with Crippen LogP contribution in [0.25, 0.3) is 0 Å². The molecule has 0 radical (unpaired) electrons. The number of carbonyl (C=O) groups is 3. The van der Waals surface area contributed by atoms with E-state index < -0.39 is 18.0 Å². The van der Waals surface area contributed by atoms with Gasteiger partial charge in [0.05, 0.1) is 44.0 Å². The maximum absolute atomic E-state index is 12.8. The van der Waals surface area contributed by atoms with E-state index in [-0.39, 0.29) is 12.6 Å². The Morgan fingerprint density at radius 2 is 1.69 bits per heavy atom. The van der Waals surface area contributed by atoms with E-state index in [1.807, 2.05) is 0 Å². The summed E-state index contributed by atoms with van der Waals surface area (Å²) in [6.45, 7) is 4.66. The van der Waals surface area contributed by atoms with Gasteiger partial charge in [-0.25, -0.2) is 14.4 Å². The summed E-state index contributed by atoms with van der Waals surface area (Å²) in [5.74, 6) is -0.252. The second-order valence-electron chi connectivity index (χ2n) is 7.79. The molecule has 1 unspecified atom stereocenters. The first-order valence-electron chi connectivity index (χ1n) is 11.2. The lowest BCUT2D eigenvalue weighted by Crippen LogP contribution is -2.49. The zero-order valence-electron chi connectivity index (χ0n) is 20.3. The highest BCUT2D eigenvalue weighted by Crippen LogP contribution is 2.32. The SMILES string of the molecule is CCOC(=O)C1=C(C)N(CCOC)C(=O)NC1c1ccc(OCc2ccc(C(=O)OC)cc2)cc1. The number of amides is 2. The Kier molecular flexibility index (Phi) is 8.86. The van der Waals surface area contributed by atoms with Crippen molar-refractivity contribution in [3.63, 3.8) is 0 Å². The van der Waals surface area contributed by atoms with Crippen LogP contribution in [0.5, 0.6) is 5.75 Å². The van der Waals surface area contributed by atoms with Gasteiger partial charge in [0.2, 0.25) is 0 Å². The van der Waals surface area contributed by atoms with Crippen molar-refractivity contribution in [2.24, 2.45) is 0 Å². The van der Waals surface area contributed by atoms with Crippen molar-refractivity contribution in [2.45, 2.75) is 26.5 Å². The van der Waals surface area contributed by atoms with E-state index in [1.165, 1.54) is 12.0 Å². The summed E-state index contributed by atoms with van der Waals surface area (Å²) in [4.78, 5) is 38.6. The molecule has 9 heteroatoms. The number of nitrogens with one attached hydrogen (secondary N) is 1. The van der Waals surface area contributed by atoms with Crippen LogP contribution < -0.4 is 10.1 Å². The highest BCUT2D eigenvalue weighted by Gasteiger charge is 2.36. The van der Waals surface area contributed by atoms with Gasteiger partial charge in [-0.15, -0.1) is 0 Å². The van der Waals surface area contributed by atoms with Crippen LogP contribution in [0.3, 0.4) is 0 Å². The van der Waals surface area contributed by atoms with Gasteiger partial charge in [0.1, 0.15) is 12.4 Å². The standard InChI is InChI=1S/C26H30N2O7/c1-5-34-25(30)22-17(2)28(14-15-32-3)26(31)27-23(22)19-10-12-21(13-11-19)35-16-18-6-8-20(9-7-18)24(29)33-4/h6-13,23H,5,14-16H2,1-4H3,(H,27,31). The number of hydrogen-bond acceptors (Lipinski definition) is 7. The third-order valence-electron chi connectivity index (χ3n) is 5.60. The van der Waals surface area contributed by atoms with Gasteiger partial charge in [-0.05, 0) is 49.2 Å². The summed E-state index contributed by atoms with van der Waals surface area (Å²) in [7, 11) is 2.89. The van der Waals surface area contributed by atoms with Crippen LogP contribution in [0.1, 0.15) is 41.4 Å². The number of benzene rings is 2. The first kappa shape index (κ1) is 25.8. The summed E-state index contributed by atoms with van der Waals surface area (Å²) in [6.07, 6.45) is 0. The predicted molar refractivity (Wildman–Crippen MR) is 128 cm³/mol. The van der Waals surface area contributed by atoms with Crippen molar-refractivity contribution in [1.29, 1.82) is 0 Å². The topological polar surface area (TPSA) is 103 Å². The maximum Gasteiger partial charge on any atom is 0.338 e. The van der Waals surface area contributed by atoms with Crippen LogP contribution in [-0.4, -0.2) is 56.8 Å². The molecule has 1 aliphatic rings. The van der Waals surface area contributed by atoms with Crippen LogP contribution in [0.15, 0.2) is 59.8 Å². The van der Waals surface area contributed by atoms with Gasteiger partial charge in [0, 0.05) is 12.8 Å². The maximum atomic E-state index is 12.8. The van der Waals surface area contributed by atoms with Gasteiger partial charge in [-0.2, -0.15) is 0 Å². The molecule has 186 valence electrons. The van der Waals surface area contributed by atoms with Gasteiger partial charge in [0.15, 0.2) is 0 Å². The fraction of sp³-hybridized carbons (Fsp3) is 0.346. The Balaban J connectivity index is 1.76. The van der Waals surface area contributed by atoms with Crippen molar-refractivity contribution >= 4 is 18.0 Å². The summed E-state index contributed by atoms with van der Waals surface area (Å²) in [5.41, 5.74) is 2.99. The highest BCUT2D eigenvalue weighted by atomic mass is 16.5. The predicted octanol–water partition coefficient (Wildman–Crippen LogP) is 3.60. The van der Waals surface area contributed by atoms with E-state index in [0.717, 1.165) is 11.1 Å². The molecule has 1 aliphatic heterocycles. The second kappa shape index (κ2) is 12.0. The molecular weight excluding hydrogens is 452 g/mol. The number of allylic oxidation sites excluding steroid dienone is 1. The monoisotopic (exact) mass is 482 g/mol. The Morgan fingerprint density at radius 1 is 1.00 bits per heavy atom. The van der Waals surface area contributed by atoms with E-state index in [0.29, 0.717) is 42.3 Å². The fourth-order valence-electron chi connectivity index (χ4n) is 3.73. The van der Waals surface area contributed by atoms with Crippen LogP contribution >= 0.6 is 0 Å². The third-order valence-corrected chi connectivity index (χ3v) is 5.60. The van der Waals surface area contributed by atoms with Crippen molar-refractivity contribution in [3.05, 3.63) is 76.5 Å². The first-order chi connectivity index (χ1) is 16.9. The Morgan fingerprint density at radius 3 is 2.29 bits per heavy atom. The molecule has 1 atom stereocenters. The van der Waals surface area contributed by atoms with E-state index in [1.54, 1.807) is 69.5 Å². The minimum absolute atomic E-state index is 0.224. The Bertz CT molecular complexity index is 1080. The van der Waals surface area contributed by atoms with E-state index in [2.05, 4.69) is 5.32 Å². The zero-order valence-corrected chi connectivity index (χ0v) is 20.3. The molecule has 0 saturated heterocycles. The number of urea groups is 1. The molecule has 2 aromatic rings. The van der Waals surface area contributed by atoms with Crippen LogP contribution in [0.2, 0.25) is 0 Å². The number of nitrogens with zero attached hydrogens (tertiary/aromatic N) is 1. The quantitative estimate of drug-likeness (QED) is 0.516. The number of ether oxygens (including phenoxy) is 4. The molecule has 0 spiro atoms. The van der Waals surface area contributed by atoms with Gasteiger partial charge in [-0.3, -0.25) is 4.90 Å². The van der Waals surface area contributed by atoms with Crippen molar-refractivity contribution in [3.8, 4) is 5.75 Å². The number of rotatable bonds is 10. The summed E-state index contributed by atoms with van der Waals surface area (Å²) >= 11 is 0. The average Bonchev–Trinajstić information content (AvgIpc) is 2.87. The highest BCUT2D eigenvalue weighted by molar-refractivity contribution is 5.95. The summed E-state index contributed by atoms with van der Waals surface area (Å²) < 4.78 is 20.9. The first-order valence-corrected chi connectivity index (χ1v) is 11.2. The third kappa shape index (κ3) is 6.19. The van der Waals surface area contributed by atoms with Gasteiger partial charge < -0.3 is 24.3 Å². The average molecular weight is 483 g/mol. The summed E-state index contributed by atoms with van der Waals surface area (Å²) in [5, 5.41) is 2.90. The van der Waals surface area contributed by atoms with Gasteiger partial charge in [0.25, 0.3) is 0 Å². The normalized spacial score (nSPS) is 15.5. The molecule has 0 aliphatic carbocycles. The zero-order chi connectivity index (χ0) is 25.4. The lowest BCUT2D eigenvalue weighted by atomic mass is 9.95. The molecule has 3 rings (SSSR count). The van der Waals surface area contributed by atoms with E-state index in [4.69, 9.17) is 18.9 Å². The molecule has 0 fully saturated rings. The molecule has 0 aromatic heterocycles. The lowest BCUT2D eigenvalue weighted by molar-refractivity contribution is -0.139. The molecule has 1 N–H and O–H groups in total. The fourth-order valence-corrected chi connectivity index (χ4v) is 3.73. The van der Waals surface area contributed by atoms with Crippen molar-refractivity contribution in [2.75, 3.05) is 34.0 Å². The lowest BCUT2D eigenvalue weighted by Gasteiger charge is -2.35. The molecule has 2 aromatic carbocycles. The molecule has 0 saturated carbocycles. The Labute approximate surface area is 204 Å². The molecule has 0 bridgehead atoms. The number of carbonyl (C=O) groups excluding carboxylic acids is 3. The van der Waals surface area contributed by atoms with Crippen LogP contribution in [-0.2, 0) is 25.6 Å². The second-order valence-corrected chi connectivity index (χ2v) is 7.79. The largest absolute Gasteiger partial charge is 0.489 e. The minimum atomic E-state index is -0.653. The van der Waals surface area contributed by atoms with Crippen molar-refractivity contribution < 1.29 is 33.3 Å². The summed E-state index contributed by atoms with van der Waals surface area (Å²) in [6, 6.07) is 13.2. The van der Waals surface area contributed by atoms with Gasteiger partial charge in [-0.1, -0.05) is 24.3 Å². The van der Waals surface area contributed by atoms with Crippen molar-refractivity contribution in [1.82, 2.24) is 10.2 Å². The van der Waals surface area contributed by atoms with Crippen LogP contribution in [0.4, 0.5) is 4.79 Å².